The first kappa shape index (κ1) is 14.5. The lowest BCUT2D eigenvalue weighted by Gasteiger charge is -2.27. The van der Waals surface area contributed by atoms with Gasteiger partial charge in [-0.25, -0.2) is 4.39 Å². The molecule has 1 unspecified atom stereocenters. The van der Waals surface area contributed by atoms with Gasteiger partial charge in [-0.3, -0.25) is 4.79 Å². The topological polar surface area (TPSA) is 32.3 Å². The standard InChI is InChI=1S/C14H18BrFN2O/c1-18(9-10-3-2-6-17-8-10)14(19)12-5-4-11(16)7-13(12)15/h4-5,7,10,17H,2-3,6,8-9H2,1H3. The van der Waals surface area contributed by atoms with Crippen molar-refractivity contribution in [3.8, 4) is 0 Å². The molecular weight excluding hydrogens is 311 g/mol. The summed E-state index contributed by atoms with van der Waals surface area (Å²) in [6.45, 7) is 2.76. The predicted octanol–water partition coefficient (Wildman–Crippen LogP) is 2.66. The molecule has 1 saturated heterocycles. The monoisotopic (exact) mass is 328 g/mol. The summed E-state index contributed by atoms with van der Waals surface area (Å²) in [5.41, 5.74) is 0.507. The number of piperidine rings is 1. The second kappa shape index (κ2) is 6.48. The lowest BCUT2D eigenvalue weighted by Crippen LogP contribution is -2.39. The van der Waals surface area contributed by atoms with E-state index in [0.29, 0.717) is 16.0 Å². The molecule has 1 aliphatic rings. The Morgan fingerprint density at radius 3 is 3.00 bits per heavy atom. The number of hydrogen-bond donors (Lipinski definition) is 1. The molecule has 0 aliphatic carbocycles. The molecular formula is C14H18BrFN2O. The Bertz CT molecular complexity index is 461. The third-order valence-corrected chi connectivity index (χ3v) is 4.10. The molecule has 1 atom stereocenters. The van der Waals surface area contributed by atoms with Gasteiger partial charge in [0, 0.05) is 18.1 Å². The van der Waals surface area contributed by atoms with E-state index in [1.165, 1.54) is 18.2 Å². The highest BCUT2D eigenvalue weighted by atomic mass is 79.9. The maximum absolute atomic E-state index is 13.0. The molecule has 1 N–H and O–H groups in total. The first-order valence-electron chi connectivity index (χ1n) is 6.49. The average Bonchev–Trinajstić information content (AvgIpc) is 2.39. The molecule has 5 heteroatoms. The van der Waals surface area contributed by atoms with E-state index in [9.17, 15) is 9.18 Å². The minimum atomic E-state index is -0.345. The van der Waals surface area contributed by atoms with Crippen LogP contribution in [0.25, 0.3) is 0 Å². The molecule has 0 spiro atoms. The van der Waals surface area contributed by atoms with Crippen molar-refractivity contribution in [1.82, 2.24) is 10.2 Å². The van der Waals surface area contributed by atoms with Crippen molar-refractivity contribution >= 4 is 21.8 Å². The highest BCUT2D eigenvalue weighted by molar-refractivity contribution is 9.10. The number of halogens is 2. The molecule has 104 valence electrons. The van der Waals surface area contributed by atoms with E-state index >= 15 is 0 Å². The summed E-state index contributed by atoms with van der Waals surface area (Å²) < 4.78 is 13.5. The van der Waals surface area contributed by atoms with Crippen LogP contribution in [0, 0.1) is 11.7 Å². The number of benzene rings is 1. The van der Waals surface area contributed by atoms with E-state index in [4.69, 9.17) is 0 Å². The zero-order valence-corrected chi connectivity index (χ0v) is 12.5. The molecule has 2 rings (SSSR count). The van der Waals surface area contributed by atoms with Gasteiger partial charge < -0.3 is 10.2 Å². The first-order chi connectivity index (χ1) is 9.08. The normalized spacial score (nSPS) is 19.2. The molecule has 1 aromatic carbocycles. The molecule has 1 aromatic rings. The van der Waals surface area contributed by atoms with Crippen LogP contribution in [0.15, 0.2) is 22.7 Å². The number of nitrogens with one attached hydrogen (secondary N) is 1. The number of rotatable bonds is 3. The minimum absolute atomic E-state index is 0.0718. The van der Waals surface area contributed by atoms with Crippen LogP contribution in [-0.4, -0.2) is 37.5 Å². The Hall–Kier alpha value is -0.940. The Morgan fingerprint density at radius 1 is 1.58 bits per heavy atom. The maximum Gasteiger partial charge on any atom is 0.254 e. The van der Waals surface area contributed by atoms with Gasteiger partial charge in [0.2, 0.25) is 0 Å². The molecule has 1 aliphatic heterocycles. The van der Waals surface area contributed by atoms with Crippen LogP contribution in [0.5, 0.6) is 0 Å². The zero-order valence-electron chi connectivity index (χ0n) is 11.0. The number of carbonyl (C=O) groups excluding carboxylic acids is 1. The van der Waals surface area contributed by atoms with Crippen molar-refractivity contribution in [2.45, 2.75) is 12.8 Å². The average molecular weight is 329 g/mol. The fourth-order valence-electron chi connectivity index (χ4n) is 2.42. The summed E-state index contributed by atoms with van der Waals surface area (Å²) in [4.78, 5) is 14.0. The van der Waals surface area contributed by atoms with E-state index in [0.717, 1.165) is 32.5 Å². The second-order valence-corrected chi connectivity index (χ2v) is 5.88. The van der Waals surface area contributed by atoms with Gasteiger partial charge in [0.05, 0.1) is 5.56 Å². The van der Waals surface area contributed by atoms with E-state index in [-0.39, 0.29) is 11.7 Å². The highest BCUT2D eigenvalue weighted by Gasteiger charge is 2.20. The van der Waals surface area contributed by atoms with Crippen LogP contribution in [0.2, 0.25) is 0 Å². The summed E-state index contributed by atoms with van der Waals surface area (Å²) in [7, 11) is 1.80. The minimum Gasteiger partial charge on any atom is -0.341 e. The summed E-state index contributed by atoms with van der Waals surface area (Å²) in [5.74, 6) is 0.0851. The van der Waals surface area contributed by atoms with Crippen molar-refractivity contribution in [2.24, 2.45) is 5.92 Å². The Balaban J connectivity index is 2.01. The SMILES string of the molecule is CN(CC1CCCNC1)C(=O)c1ccc(F)cc1Br. The maximum atomic E-state index is 13.0. The van der Waals surface area contributed by atoms with Crippen LogP contribution in [-0.2, 0) is 0 Å². The van der Waals surface area contributed by atoms with Crippen LogP contribution in [0.3, 0.4) is 0 Å². The lowest BCUT2D eigenvalue weighted by molar-refractivity contribution is 0.0764. The van der Waals surface area contributed by atoms with E-state index < -0.39 is 0 Å². The fraction of sp³-hybridized carbons (Fsp3) is 0.500. The molecule has 0 bridgehead atoms. The van der Waals surface area contributed by atoms with Gasteiger partial charge in [-0.2, -0.15) is 0 Å². The Morgan fingerprint density at radius 2 is 2.37 bits per heavy atom. The van der Waals surface area contributed by atoms with Crippen LogP contribution >= 0.6 is 15.9 Å². The van der Waals surface area contributed by atoms with Crippen molar-refractivity contribution in [1.29, 1.82) is 0 Å². The molecule has 1 heterocycles. The lowest BCUT2D eigenvalue weighted by atomic mass is 9.99. The van der Waals surface area contributed by atoms with Crippen LogP contribution in [0.1, 0.15) is 23.2 Å². The number of amides is 1. The van der Waals surface area contributed by atoms with Crippen LogP contribution < -0.4 is 5.32 Å². The van der Waals surface area contributed by atoms with E-state index in [2.05, 4.69) is 21.2 Å². The van der Waals surface area contributed by atoms with Crippen molar-refractivity contribution in [2.75, 3.05) is 26.7 Å². The second-order valence-electron chi connectivity index (χ2n) is 5.02. The van der Waals surface area contributed by atoms with Gasteiger partial charge >= 0.3 is 0 Å². The molecule has 1 fully saturated rings. The predicted molar refractivity (Wildman–Crippen MR) is 76.7 cm³/mol. The van der Waals surface area contributed by atoms with Gasteiger partial charge in [0.25, 0.3) is 5.91 Å². The van der Waals surface area contributed by atoms with Gasteiger partial charge in [0.15, 0.2) is 0 Å². The molecule has 0 aromatic heterocycles. The third-order valence-electron chi connectivity index (χ3n) is 3.44. The smallest absolute Gasteiger partial charge is 0.254 e. The molecule has 0 saturated carbocycles. The van der Waals surface area contributed by atoms with Crippen molar-refractivity contribution in [3.63, 3.8) is 0 Å². The van der Waals surface area contributed by atoms with Crippen LogP contribution in [0.4, 0.5) is 4.39 Å². The van der Waals surface area contributed by atoms with Gasteiger partial charge in [0.1, 0.15) is 5.82 Å². The van der Waals surface area contributed by atoms with Gasteiger partial charge in [-0.05, 0) is 66.0 Å². The summed E-state index contributed by atoms with van der Waals surface area (Å²) in [6, 6.07) is 4.16. The Labute approximate surface area is 121 Å². The molecule has 19 heavy (non-hydrogen) atoms. The summed E-state index contributed by atoms with van der Waals surface area (Å²) in [6.07, 6.45) is 2.31. The third kappa shape index (κ3) is 3.76. The largest absolute Gasteiger partial charge is 0.341 e. The number of hydrogen-bond acceptors (Lipinski definition) is 2. The highest BCUT2D eigenvalue weighted by Crippen LogP contribution is 2.20. The molecule has 1 amide bonds. The van der Waals surface area contributed by atoms with Crippen molar-refractivity contribution in [3.05, 3.63) is 34.1 Å². The summed E-state index contributed by atoms with van der Waals surface area (Å²) in [5, 5.41) is 3.34. The van der Waals surface area contributed by atoms with E-state index in [1.807, 2.05) is 0 Å². The van der Waals surface area contributed by atoms with E-state index in [1.54, 1.807) is 11.9 Å². The first-order valence-corrected chi connectivity index (χ1v) is 7.28. The number of carbonyl (C=O) groups is 1. The number of nitrogens with zero attached hydrogens (tertiary/aromatic N) is 1. The Kier molecular flexibility index (Phi) is 4.93. The fourth-order valence-corrected chi connectivity index (χ4v) is 2.94. The zero-order chi connectivity index (χ0) is 13.8. The summed E-state index contributed by atoms with van der Waals surface area (Å²) >= 11 is 3.24. The van der Waals surface area contributed by atoms with Gasteiger partial charge in [-0.1, -0.05) is 0 Å². The molecule has 0 radical (unpaired) electrons. The van der Waals surface area contributed by atoms with Crippen molar-refractivity contribution < 1.29 is 9.18 Å². The molecule has 3 nitrogen and oxygen atoms in total. The quantitative estimate of drug-likeness (QED) is 0.925. The van der Waals surface area contributed by atoms with Gasteiger partial charge in [-0.15, -0.1) is 0 Å².